The van der Waals surface area contributed by atoms with E-state index < -0.39 is 5.97 Å². The highest BCUT2D eigenvalue weighted by atomic mass is 16.4. The lowest BCUT2D eigenvalue weighted by atomic mass is 9.76. The molecule has 2 aromatic carbocycles. The summed E-state index contributed by atoms with van der Waals surface area (Å²) in [7, 11) is 0. The minimum Gasteiger partial charge on any atom is -0.481 e. The molecule has 3 N–H and O–H groups in total. The third-order valence-corrected chi connectivity index (χ3v) is 6.21. The van der Waals surface area contributed by atoms with E-state index >= 15 is 0 Å². The zero-order valence-corrected chi connectivity index (χ0v) is 17.4. The van der Waals surface area contributed by atoms with E-state index in [2.05, 4.69) is 60.9 Å². The number of rotatable bonds is 6. The number of allylic oxidation sites excluding steroid dienone is 2. The summed E-state index contributed by atoms with van der Waals surface area (Å²) in [6.45, 7) is 4.54. The van der Waals surface area contributed by atoms with Crippen LogP contribution in [0.3, 0.4) is 0 Å². The fourth-order valence-corrected chi connectivity index (χ4v) is 4.54. The van der Waals surface area contributed by atoms with E-state index in [1.54, 1.807) is 6.07 Å². The zero-order chi connectivity index (χ0) is 21.3. The van der Waals surface area contributed by atoms with E-state index in [9.17, 15) is 9.59 Å². The van der Waals surface area contributed by atoms with Gasteiger partial charge >= 0.3 is 5.97 Å². The maximum Gasteiger partial charge on any atom is 0.305 e. The Labute approximate surface area is 177 Å². The van der Waals surface area contributed by atoms with Crippen molar-refractivity contribution in [3.63, 3.8) is 0 Å². The molecule has 0 saturated heterocycles. The van der Waals surface area contributed by atoms with Gasteiger partial charge in [0.1, 0.15) is 0 Å². The summed E-state index contributed by atoms with van der Waals surface area (Å²) in [6.07, 6.45) is 5.42. The zero-order valence-electron chi connectivity index (χ0n) is 17.4. The maximum atomic E-state index is 12.4. The van der Waals surface area contributed by atoms with Gasteiger partial charge in [-0.25, -0.2) is 0 Å². The van der Waals surface area contributed by atoms with Gasteiger partial charge in [-0.2, -0.15) is 0 Å². The van der Waals surface area contributed by atoms with Gasteiger partial charge in [0, 0.05) is 23.7 Å². The van der Waals surface area contributed by atoms with E-state index in [0.717, 1.165) is 17.7 Å². The monoisotopic (exact) mass is 404 g/mol. The Morgan fingerprint density at radius 3 is 2.63 bits per heavy atom. The van der Waals surface area contributed by atoms with Crippen molar-refractivity contribution in [3.8, 4) is 0 Å². The highest BCUT2D eigenvalue weighted by Gasteiger charge is 2.38. The Kier molecular flexibility index (Phi) is 5.62. The molecule has 0 fully saturated rings. The van der Waals surface area contributed by atoms with Crippen LogP contribution in [0.2, 0.25) is 0 Å². The van der Waals surface area contributed by atoms with Crippen LogP contribution in [0.1, 0.15) is 71.6 Å². The van der Waals surface area contributed by atoms with Crippen LogP contribution in [0.5, 0.6) is 0 Å². The summed E-state index contributed by atoms with van der Waals surface area (Å²) in [6, 6.07) is 14.9. The minimum atomic E-state index is -0.920. The van der Waals surface area contributed by atoms with Crippen LogP contribution < -0.4 is 10.6 Å². The summed E-state index contributed by atoms with van der Waals surface area (Å²) in [4.78, 5) is 23.1. The number of anilines is 1. The number of carboxylic acids is 1. The number of carbonyl (C=O) groups excluding carboxylic acids is 1. The molecule has 5 heteroatoms. The van der Waals surface area contributed by atoms with Crippen LogP contribution in [-0.4, -0.2) is 23.5 Å². The average Bonchev–Trinajstić information content (AvgIpc) is 3.23. The normalized spacial score (nSPS) is 21.6. The van der Waals surface area contributed by atoms with Crippen molar-refractivity contribution in [1.29, 1.82) is 0 Å². The fraction of sp³-hybridized carbons (Fsp3) is 0.360. The number of carbonyl (C=O) groups is 2. The van der Waals surface area contributed by atoms with Gasteiger partial charge in [-0.1, -0.05) is 50.3 Å². The second kappa shape index (κ2) is 8.34. The number of aliphatic carboxylic acids is 1. The quantitative estimate of drug-likeness (QED) is 0.602. The molecular formula is C25H28N2O3. The smallest absolute Gasteiger partial charge is 0.305 e. The Bertz CT molecular complexity index is 978. The van der Waals surface area contributed by atoms with Crippen LogP contribution in [-0.2, 0) is 4.79 Å². The van der Waals surface area contributed by atoms with E-state index in [1.807, 2.05) is 12.1 Å². The number of amides is 1. The molecule has 4 rings (SSSR count). The molecule has 0 aromatic heterocycles. The lowest BCUT2D eigenvalue weighted by Crippen LogP contribution is -2.30. The number of benzene rings is 2. The van der Waals surface area contributed by atoms with Gasteiger partial charge in [0.2, 0.25) is 0 Å². The van der Waals surface area contributed by atoms with Crippen LogP contribution in [0.4, 0.5) is 5.69 Å². The van der Waals surface area contributed by atoms with E-state index in [-0.39, 0.29) is 30.8 Å². The molecule has 1 aliphatic heterocycles. The predicted molar refractivity (Wildman–Crippen MR) is 118 cm³/mol. The summed E-state index contributed by atoms with van der Waals surface area (Å²) in [5, 5.41) is 15.1. The highest BCUT2D eigenvalue weighted by Crippen LogP contribution is 2.50. The van der Waals surface area contributed by atoms with Gasteiger partial charge in [-0.05, 0) is 53.1 Å². The number of nitrogens with one attached hydrogen (secondary N) is 2. The van der Waals surface area contributed by atoms with Gasteiger partial charge in [-0.3, -0.25) is 9.59 Å². The third-order valence-electron chi connectivity index (χ3n) is 6.21. The molecule has 1 heterocycles. The summed E-state index contributed by atoms with van der Waals surface area (Å²) < 4.78 is 0. The molecule has 5 nitrogen and oxygen atoms in total. The first kappa shape index (κ1) is 20.2. The van der Waals surface area contributed by atoms with Gasteiger partial charge in [-0.15, -0.1) is 0 Å². The molecule has 2 aromatic rings. The van der Waals surface area contributed by atoms with Crippen molar-refractivity contribution in [2.75, 3.05) is 11.9 Å². The third kappa shape index (κ3) is 3.97. The van der Waals surface area contributed by atoms with Crippen molar-refractivity contribution < 1.29 is 14.7 Å². The summed E-state index contributed by atoms with van der Waals surface area (Å²) in [5.74, 6) is 0.0379. The van der Waals surface area contributed by atoms with E-state index in [1.165, 1.54) is 11.1 Å². The van der Waals surface area contributed by atoms with Crippen LogP contribution in [0.15, 0.2) is 54.6 Å². The number of fused-ring (bicyclic) bond motifs is 3. The van der Waals surface area contributed by atoms with Crippen LogP contribution in [0.25, 0.3) is 0 Å². The average molecular weight is 405 g/mol. The van der Waals surface area contributed by atoms with Crippen molar-refractivity contribution >= 4 is 17.6 Å². The minimum absolute atomic E-state index is 0.0804. The molecule has 2 aliphatic rings. The summed E-state index contributed by atoms with van der Waals surface area (Å²) >= 11 is 0. The van der Waals surface area contributed by atoms with E-state index in [0.29, 0.717) is 17.4 Å². The molecule has 3 atom stereocenters. The number of hydrogen-bond acceptors (Lipinski definition) is 3. The highest BCUT2D eigenvalue weighted by molar-refractivity contribution is 5.95. The van der Waals surface area contributed by atoms with Gasteiger partial charge in [0.05, 0.1) is 12.5 Å². The molecule has 30 heavy (non-hydrogen) atoms. The Hall–Kier alpha value is -3.08. The van der Waals surface area contributed by atoms with E-state index in [4.69, 9.17) is 5.11 Å². The Balaban J connectivity index is 1.57. The molecule has 156 valence electrons. The lowest BCUT2D eigenvalue weighted by Gasteiger charge is -2.37. The van der Waals surface area contributed by atoms with Crippen LogP contribution in [0, 0.1) is 5.92 Å². The molecule has 0 spiro atoms. The number of hydrogen-bond donors (Lipinski definition) is 3. The molecule has 1 amide bonds. The SMILES string of the molecule is CC(C)c1ccc([C@@H]2Nc3ccc(C(=O)NCCC(=O)O)cc3[C@H]3C=CC[C@@H]32)cc1. The Morgan fingerprint density at radius 2 is 1.93 bits per heavy atom. The standard InChI is InChI=1S/C25H28N2O3/c1-15(2)16-6-8-17(9-7-16)24-20-5-3-4-19(20)21-14-18(10-11-22(21)27-24)25(30)26-13-12-23(28)29/h3-4,6-11,14-15,19-20,24,27H,5,12-13H2,1-2H3,(H,26,30)(H,28,29)/t19-,20-,24-/m0/s1. The second-order valence-electron chi connectivity index (χ2n) is 8.50. The molecular weight excluding hydrogens is 376 g/mol. The molecule has 1 aliphatic carbocycles. The molecule has 0 radical (unpaired) electrons. The molecule has 0 unspecified atom stereocenters. The van der Waals surface area contributed by atoms with Crippen molar-refractivity contribution in [3.05, 3.63) is 76.9 Å². The van der Waals surface area contributed by atoms with Gasteiger partial charge < -0.3 is 15.7 Å². The molecule has 0 saturated carbocycles. The predicted octanol–water partition coefficient (Wildman–Crippen LogP) is 4.84. The van der Waals surface area contributed by atoms with Crippen LogP contribution >= 0.6 is 0 Å². The first-order valence-corrected chi connectivity index (χ1v) is 10.6. The van der Waals surface area contributed by atoms with Crippen molar-refractivity contribution in [2.24, 2.45) is 5.92 Å². The molecule has 0 bridgehead atoms. The second-order valence-corrected chi connectivity index (χ2v) is 8.50. The number of carboxylic acid groups (broad SMARTS) is 1. The Morgan fingerprint density at radius 1 is 1.17 bits per heavy atom. The lowest BCUT2D eigenvalue weighted by molar-refractivity contribution is -0.136. The van der Waals surface area contributed by atoms with Crippen molar-refractivity contribution in [2.45, 2.75) is 44.6 Å². The largest absolute Gasteiger partial charge is 0.481 e. The van der Waals surface area contributed by atoms with Gasteiger partial charge in [0.25, 0.3) is 5.91 Å². The topological polar surface area (TPSA) is 78.4 Å². The first-order valence-electron chi connectivity index (χ1n) is 10.6. The van der Waals surface area contributed by atoms with Crippen molar-refractivity contribution in [1.82, 2.24) is 5.32 Å². The fourth-order valence-electron chi connectivity index (χ4n) is 4.54. The first-order chi connectivity index (χ1) is 14.4. The van der Waals surface area contributed by atoms with Gasteiger partial charge in [0.15, 0.2) is 0 Å². The maximum absolute atomic E-state index is 12.4. The summed E-state index contributed by atoms with van der Waals surface area (Å²) in [5.41, 5.74) is 5.39.